The maximum absolute atomic E-state index is 12.5. The molecule has 1 aromatic carbocycles. The first-order chi connectivity index (χ1) is 6.96. The largest absolute Gasteiger partial charge is 0.417 e. The summed E-state index contributed by atoms with van der Waals surface area (Å²) in [6.45, 7) is 1.99. The minimum atomic E-state index is -4.36. The van der Waals surface area contributed by atoms with Crippen LogP contribution in [0, 0.1) is 0 Å². The second kappa shape index (κ2) is 4.88. The van der Waals surface area contributed by atoms with E-state index in [9.17, 15) is 13.2 Å². The minimum Gasteiger partial charge on any atom is -0.166 e. The Balaban J connectivity index is 3.01. The van der Waals surface area contributed by atoms with Gasteiger partial charge in [0.25, 0.3) is 0 Å². The fourth-order valence-electron chi connectivity index (χ4n) is 1.36. The molecule has 0 radical (unpaired) electrons. The van der Waals surface area contributed by atoms with Gasteiger partial charge in [0.2, 0.25) is 0 Å². The van der Waals surface area contributed by atoms with Crippen LogP contribution in [0.4, 0.5) is 13.2 Å². The molecule has 0 heterocycles. The summed E-state index contributed by atoms with van der Waals surface area (Å²) in [5, 5.41) is -0.154. The Labute approximate surface area is 92.1 Å². The van der Waals surface area contributed by atoms with Crippen LogP contribution in [-0.4, -0.2) is 0 Å². The van der Waals surface area contributed by atoms with Gasteiger partial charge in [-0.3, -0.25) is 0 Å². The van der Waals surface area contributed by atoms with E-state index < -0.39 is 11.7 Å². The molecule has 0 N–H and O–H groups in total. The standard InChI is InChI=1S/C11H12ClF3/c1-2-3-5-8-6-4-7-9(10(8)12)11(13,14)15/h4,6-7H,2-3,5H2,1H3. The van der Waals surface area contributed by atoms with Gasteiger partial charge in [0.05, 0.1) is 10.6 Å². The van der Waals surface area contributed by atoms with Gasteiger partial charge < -0.3 is 0 Å². The van der Waals surface area contributed by atoms with Crippen molar-refractivity contribution < 1.29 is 13.2 Å². The topological polar surface area (TPSA) is 0 Å². The average molecular weight is 237 g/mol. The fourth-order valence-corrected chi connectivity index (χ4v) is 1.69. The molecule has 0 bridgehead atoms. The second-order valence-corrected chi connectivity index (χ2v) is 3.76. The van der Waals surface area contributed by atoms with Crippen molar-refractivity contribution in [2.45, 2.75) is 32.4 Å². The molecule has 84 valence electrons. The number of rotatable bonds is 3. The van der Waals surface area contributed by atoms with Crippen LogP contribution in [0.5, 0.6) is 0 Å². The molecule has 0 saturated heterocycles. The van der Waals surface area contributed by atoms with Gasteiger partial charge in [-0.05, 0) is 24.5 Å². The molecule has 0 saturated carbocycles. The zero-order valence-electron chi connectivity index (χ0n) is 8.37. The van der Waals surface area contributed by atoms with Gasteiger partial charge in [-0.1, -0.05) is 37.1 Å². The number of hydrogen-bond donors (Lipinski definition) is 0. The Morgan fingerprint density at radius 3 is 2.47 bits per heavy atom. The van der Waals surface area contributed by atoms with Crippen LogP contribution in [0.3, 0.4) is 0 Å². The van der Waals surface area contributed by atoms with Gasteiger partial charge in [-0.2, -0.15) is 13.2 Å². The van der Waals surface area contributed by atoms with Crippen molar-refractivity contribution in [3.63, 3.8) is 0 Å². The predicted octanol–water partition coefficient (Wildman–Crippen LogP) is 4.70. The van der Waals surface area contributed by atoms with E-state index in [4.69, 9.17) is 11.6 Å². The first-order valence-electron chi connectivity index (χ1n) is 4.81. The van der Waals surface area contributed by atoms with Gasteiger partial charge >= 0.3 is 6.18 Å². The van der Waals surface area contributed by atoms with E-state index in [1.807, 2.05) is 6.92 Å². The third-order valence-electron chi connectivity index (χ3n) is 2.18. The van der Waals surface area contributed by atoms with Crippen molar-refractivity contribution in [2.24, 2.45) is 0 Å². The van der Waals surface area contributed by atoms with Gasteiger partial charge in [0.15, 0.2) is 0 Å². The fraction of sp³-hybridized carbons (Fsp3) is 0.455. The van der Waals surface area contributed by atoms with Crippen molar-refractivity contribution in [2.75, 3.05) is 0 Å². The molecule has 1 rings (SSSR count). The van der Waals surface area contributed by atoms with Gasteiger partial charge in [-0.15, -0.1) is 0 Å². The Hall–Kier alpha value is -0.700. The Morgan fingerprint density at radius 2 is 1.93 bits per heavy atom. The molecule has 0 aromatic heterocycles. The smallest absolute Gasteiger partial charge is 0.166 e. The van der Waals surface area contributed by atoms with Crippen LogP contribution in [0.15, 0.2) is 18.2 Å². The molecule has 0 aliphatic carbocycles. The molecule has 0 atom stereocenters. The van der Waals surface area contributed by atoms with Crippen molar-refractivity contribution in [1.82, 2.24) is 0 Å². The number of alkyl halides is 3. The maximum atomic E-state index is 12.5. The third kappa shape index (κ3) is 3.13. The van der Waals surface area contributed by atoms with Crippen LogP contribution >= 0.6 is 11.6 Å². The van der Waals surface area contributed by atoms with Crippen LogP contribution in [0.2, 0.25) is 5.02 Å². The molecule has 1 aromatic rings. The minimum absolute atomic E-state index is 0.154. The van der Waals surface area contributed by atoms with E-state index in [0.29, 0.717) is 12.0 Å². The zero-order chi connectivity index (χ0) is 11.5. The Morgan fingerprint density at radius 1 is 1.27 bits per heavy atom. The molecule has 0 amide bonds. The van der Waals surface area contributed by atoms with E-state index in [0.717, 1.165) is 18.9 Å². The first kappa shape index (κ1) is 12.4. The van der Waals surface area contributed by atoms with Gasteiger partial charge in [-0.25, -0.2) is 0 Å². The van der Waals surface area contributed by atoms with Crippen molar-refractivity contribution >= 4 is 11.6 Å². The summed E-state index contributed by atoms with van der Waals surface area (Å²) in [7, 11) is 0. The van der Waals surface area contributed by atoms with Crippen molar-refractivity contribution in [3.05, 3.63) is 34.3 Å². The molecule has 0 fully saturated rings. The molecule has 0 aliphatic heterocycles. The summed E-state index contributed by atoms with van der Waals surface area (Å²) in [5.74, 6) is 0. The lowest BCUT2D eigenvalue weighted by Gasteiger charge is -2.11. The summed E-state index contributed by atoms with van der Waals surface area (Å²) in [5.41, 5.74) is -0.161. The van der Waals surface area contributed by atoms with Crippen LogP contribution in [-0.2, 0) is 12.6 Å². The lowest BCUT2D eigenvalue weighted by atomic mass is 10.1. The van der Waals surface area contributed by atoms with Crippen molar-refractivity contribution in [3.8, 4) is 0 Å². The van der Waals surface area contributed by atoms with E-state index in [2.05, 4.69) is 0 Å². The summed E-state index contributed by atoms with van der Waals surface area (Å²) in [6.07, 6.45) is -1.98. The number of benzene rings is 1. The number of halogens is 4. The lowest BCUT2D eigenvalue weighted by molar-refractivity contribution is -0.137. The normalized spacial score (nSPS) is 11.8. The second-order valence-electron chi connectivity index (χ2n) is 3.38. The lowest BCUT2D eigenvalue weighted by Crippen LogP contribution is -2.07. The van der Waals surface area contributed by atoms with Crippen LogP contribution in [0.1, 0.15) is 30.9 Å². The number of aryl methyl sites for hydroxylation is 1. The SMILES string of the molecule is CCCCc1cccc(C(F)(F)F)c1Cl. The molecule has 0 unspecified atom stereocenters. The highest BCUT2D eigenvalue weighted by Gasteiger charge is 2.33. The van der Waals surface area contributed by atoms with Crippen LogP contribution < -0.4 is 0 Å². The Kier molecular flexibility index (Phi) is 4.03. The molecular formula is C11H12ClF3. The van der Waals surface area contributed by atoms with Crippen LogP contribution in [0.25, 0.3) is 0 Å². The van der Waals surface area contributed by atoms with E-state index in [1.54, 1.807) is 6.07 Å². The van der Waals surface area contributed by atoms with Crippen molar-refractivity contribution in [1.29, 1.82) is 0 Å². The summed E-state index contributed by atoms with van der Waals surface area (Å²) < 4.78 is 37.4. The predicted molar refractivity (Wildman–Crippen MR) is 55.1 cm³/mol. The van der Waals surface area contributed by atoms with E-state index in [-0.39, 0.29) is 5.02 Å². The number of unbranched alkanes of at least 4 members (excludes halogenated alkanes) is 1. The third-order valence-corrected chi connectivity index (χ3v) is 2.63. The van der Waals surface area contributed by atoms with E-state index >= 15 is 0 Å². The summed E-state index contributed by atoms with van der Waals surface area (Å²) in [6, 6.07) is 4.06. The zero-order valence-corrected chi connectivity index (χ0v) is 9.12. The molecule has 0 spiro atoms. The highest BCUT2D eigenvalue weighted by Crippen LogP contribution is 2.36. The highest BCUT2D eigenvalue weighted by molar-refractivity contribution is 6.32. The highest BCUT2D eigenvalue weighted by atomic mass is 35.5. The molecule has 0 nitrogen and oxygen atoms in total. The monoisotopic (exact) mass is 236 g/mol. The molecule has 4 heteroatoms. The van der Waals surface area contributed by atoms with E-state index in [1.165, 1.54) is 6.07 Å². The van der Waals surface area contributed by atoms with Gasteiger partial charge in [0.1, 0.15) is 0 Å². The average Bonchev–Trinajstić information content (AvgIpc) is 2.14. The maximum Gasteiger partial charge on any atom is 0.417 e. The number of hydrogen-bond acceptors (Lipinski definition) is 0. The Bertz CT molecular complexity index is 331. The molecule has 15 heavy (non-hydrogen) atoms. The summed E-state index contributed by atoms with van der Waals surface area (Å²) in [4.78, 5) is 0. The van der Waals surface area contributed by atoms with Gasteiger partial charge in [0, 0.05) is 0 Å². The molecule has 0 aliphatic rings. The quantitative estimate of drug-likeness (QED) is 0.714. The molecular weight excluding hydrogens is 225 g/mol. The first-order valence-corrected chi connectivity index (χ1v) is 5.19. The summed E-state index contributed by atoms with van der Waals surface area (Å²) >= 11 is 5.71.